The van der Waals surface area contributed by atoms with E-state index in [-0.39, 0.29) is 0 Å². The molecule has 0 atom stereocenters. The number of fused-ring (bicyclic) bond motifs is 1. The van der Waals surface area contributed by atoms with Crippen LogP contribution in [0.15, 0.2) is 35.3 Å². The quantitative estimate of drug-likeness (QED) is 0.573. The van der Waals surface area contributed by atoms with Gasteiger partial charge in [0, 0.05) is 24.3 Å². The van der Waals surface area contributed by atoms with Crippen LogP contribution in [0.4, 0.5) is 0 Å². The van der Waals surface area contributed by atoms with Crippen molar-refractivity contribution < 1.29 is 0 Å². The summed E-state index contributed by atoms with van der Waals surface area (Å²) in [5, 5.41) is 7.78. The van der Waals surface area contributed by atoms with Gasteiger partial charge < -0.3 is 15.6 Å². The van der Waals surface area contributed by atoms with Crippen LogP contribution in [0.25, 0.3) is 10.9 Å². The molecule has 1 aromatic heterocycles. The molecule has 4 heteroatoms. The van der Waals surface area contributed by atoms with E-state index in [1.807, 2.05) is 12.1 Å². The molecule has 0 aliphatic carbocycles. The van der Waals surface area contributed by atoms with Crippen molar-refractivity contribution in [3.8, 4) is 0 Å². The van der Waals surface area contributed by atoms with E-state index in [9.17, 15) is 0 Å². The molecule has 1 heterocycles. The number of aromatic amines is 1. The first kappa shape index (κ1) is 12.5. The molecular weight excluding hydrogens is 224 g/mol. The topological polar surface area (TPSA) is 52.2 Å². The minimum Gasteiger partial charge on any atom is -0.357 e. The fraction of sp³-hybridized carbons (Fsp3) is 0.357. The Morgan fingerprint density at radius 1 is 1.33 bits per heavy atom. The molecular formula is C14H20N4. The highest BCUT2D eigenvalue weighted by Gasteiger charge is 2.02. The molecule has 0 unspecified atom stereocenters. The van der Waals surface area contributed by atoms with Crippen LogP contribution < -0.4 is 10.6 Å². The van der Waals surface area contributed by atoms with Gasteiger partial charge in [0.05, 0.1) is 6.54 Å². The number of nitrogens with zero attached hydrogens (tertiary/aromatic N) is 1. The van der Waals surface area contributed by atoms with Gasteiger partial charge in [-0.1, -0.05) is 18.2 Å². The van der Waals surface area contributed by atoms with E-state index in [4.69, 9.17) is 0 Å². The van der Waals surface area contributed by atoms with Crippen molar-refractivity contribution in [2.24, 2.45) is 4.99 Å². The molecule has 0 amide bonds. The van der Waals surface area contributed by atoms with Crippen LogP contribution in [0.2, 0.25) is 0 Å². The van der Waals surface area contributed by atoms with Gasteiger partial charge in [0.2, 0.25) is 0 Å². The second-order valence-corrected chi connectivity index (χ2v) is 4.61. The normalized spacial score (nSPS) is 12.1. The Kier molecular flexibility index (Phi) is 3.87. The fourth-order valence-electron chi connectivity index (χ4n) is 1.88. The molecule has 3 N–H and O–H groups in total. The van der Waals surface area contributed by atoms with Crippen molar-refractivity contribution in [3.63, 3.8) is 0 Å². The number of para-hydroxylation sites is 1. The summed E-state index contributed by atoms with van der Waals surface area (Å²) >= 11 is 0. The summed E-state index contributed by atoms with van der Waals surface area (Å²) in [5.41, 5.74) is 2.32. The van der Waals surface area contributed by atoms with Crippen LogP contribution in [0.5, 0.6) is 0 Å². The summed E-state index contributed by atoms with van der Waals surface area (Å²) in [6.07, 6.45) is 0. The number of rotatable bonds is 3. The number of benzene rings is 1. The van der Waals surface area contributed by atoms with Crippen molar-refractivity contribution in [3.05, 3.63) is 36.0 Å². The maximum atomic E-state index is 4.18. The van der Waals surface area contributed by atoms with Crippen molar-refractivity contribution >= 4 is 16.9 Å². The predicted octanol–water partition coefficient (Wildman–Crippen LogP) is 2.24. The van der Waals surface area contributed by atoms with Crippen molar-refractivity contribution in [1.82, 2.24) is 15.6 Å². The van der Waals surface area contributed by atoms with Crippen LogP contribution >= 0.6 is 0 Å². The molecule has 0 saturated carbocycles. The Morgan fingerprint density at radius 2 is 2.11 bits per heavy atom. The fourth-order valence-corrected chi connectivity index (χ4v) is 1.88. The van der Waals surface area contributed by atoms with Crippen LogP contribution in [-0.2, 0) is 6.54 Å². The number of nitrogens with one attached hydrogen (secondary N) is 3. The van der Waals surface area contributed by atoms with Crippen LogP contribution in [0.1, 0.15) is 19.5 Å². The Balaban J connectivity index is 2.01. The van der Waals surface area contributed by atoms with Crippen molar-refractivity contribution in [2.75, 3.05) is 7.05 Å². The molecule has 18 heavy (non-hydrogen) atoms. The molecule has 0 spiro atoms. The summed E-state index contributed by atoms with van der Waals surface area (Å²) in [6.45, 7) is 4.92. The summed E-state index contributed by atoms with van der Waals surface area (Å²) in [7, 11) is 1.78. The van der Waals surface area contributed by atoms with Crippen LogP contribution in [0.3, 0.4) is 0 Å². The van der Waals surface area contributed by atoms with E-state index in [1.54, 1.807) is 7.05 Å². The second kappa shape index (κ2) is 5.58. The average Bonchev–Trinajstić information content (AvgIpc) is 2.76. The van der Waals surface area contributed by atoms with Gasteiger partial charge in [-0.15, -0.1) is 0 Å². The van der Waals surface area contributed by atoms with Crippen LogP contribution in [-0.4, -0.2) is 24.0 Å². The van der Waals surface area contributed by atoms with Crippen molar-refractivity contribution in [2.45, 2.75) is 26.4 Å². The lowest BCUT2D eigenvalue weighted by Gasteiger charge is -2.13. The summed E-state index contributed by atoms with van der Waals surface area (Å²) < 4.78 is 0. The Morgan fingerprint density at radius 3 is 2.78 bits per heavy atom. The monoisotopic (exact) mass is 244 g/mol. The molecule has 0 radical (unpaired) electrons. The molecule has 2 rings (SSSR count). The zero-order valence-corrected chi connectivity index (χ0v) is 11.1. The first-order valence-electron chi connectivity index (χ1n) is 6.23. The molecule has 2 aromatic rings. The van der Waals surface area contributed by atoms with Crippen LogP contribution in [0, 0.1) is 0 Å². The molecule has 0 aliphatic heterocycles. The number of guanidine groups is 1. The average molecular weight is 244 g/mol. The minimum absolute atomic E-state index is 0.374. The molecule has 96 valence electrons. The Labute approximate surface area is 108 Å². The third-order valence-electron chi connectivity index (χ3n) is 2.68. The lowest BCUT2D eigenvalue weighted by molar-refractivity contribution is 0.697. The molecule has 0 saturated heterocycles. The minimum atomic E-state index is 0.374. The molecule has 0 aliphatic rings. The second-order valence-electron chi connectivity index (χ2n) is 4.61. The maximum absolute atomic E-state index is 4.18. The smallest absolute Gasteiger partial charge is 0.191 e. The van der Waals surface area contributed by atoms with Crippen molar-refractivity contribution in [1.29, 1.82) is 0 Å². The lowest BCUT2D eigenvalue weighted by Crippen LogP contribution is -2.40. The van der Waals surface area contributed by atoms with Gasteiger partial charge in [0.1, 0.15) is 0 Å². The summed E-state index contributed by atoms with van der Waals surface area (Å²) in [5.74, 6) is 0.823. The number of hydrogen-bond donors (Lipinski definition) is 3. The van der Waals surface area contributed by atoms with E-state index in [0.717, 1.165) is 18.2 Å². The van der Waals surface area contributed by atoms with Gasteiger partial charge in [-0.25, -0.2) is 0 Å². The van der Waals surface area contributed by atoms with E-state index < -0.39 is 0 Å². The lowest BCUT2D eigenvalue weighted by atomic mass is 10.2. The highest BCUT2D eigenvalue weighted by Crippen LogP contribution is 2.14. The number of H-pyrrole nitrogens is 1. The van der Waals surface area contributed by atoms with E-state index in [2.05, 4.69) is 52.7 Å². The zero-order valence-electron chi connectivity index (χ0n) is 11.1. The summed E-state index contributed by atoms with van der Waals surface area (Å²) in [6, 6.07) is 10.8. The third-order valence-corrected chi connectivity index (χ3v) is 2.68. The largest absolute Gasteiger partial charge is 0.357 e. The third kappa shape index (κ3) is 3.03. The highest BCUT2D eigenvalue weighted by molar-refractivity contribution is 5.81. The first-order chi connectivity index (χ1) is 8.69. The number of aromatic nitrogens is 1. The number of aliphatic imine (C=N–C) groups is 1. The van der Waals surface area contributed by atoms with Gasteiger partial charge in [-0.2, -0.15) is 0 Å². The van der Waals surface area contributed by atoms with Gasteiger partial charge in [-0.3, -0.25) is 4.99 Å². The summed E-state index contributed by atoms with van der Waals surface area (Å²) in [4.78, 5) is 7.56. The van der Waals surface area contributed by atoms with Gasteiger partial charge >= 0.3 is 0 Å². The zero-order chi connectivity index (χ0) is 13.0. The molecule has 0 fully saturated rings. The predicted molar refractivity (Wildman–Crippen MR) is 76.8 cm³/mol. The van der Waals surface area contributed by atoms with Gasteiger partial charge in [0.25, 0.3) is 0 Å². The number of hydrogen-bond acceptors (Lipinski definition) is 1. The highest BCUT2D eigenvalue weighted by atomic mass is 15.2. The SMILES string of the molecule is CN=C(NCc1cc2ccccc2[nH]1)NC(C)C. The Hall–Kier alpha value is -1.97. The van der Waals surface area contributed by atoms with E-state index >= 15 is 0 Å². The first-order valence-corrected chi connectivity index (χ1v) is 6.23. The molecule has 1 aromatic carbocycles. The maximum Gasteiger partial charge on any atom is 0.191 e. The molecule has 0 bridgehead atoms. The van der Waals surface area contributed by atoms with E-state index in [0.29, 0.717) is 6.04 Å². The van der Waals surface area contributed by atoms with E-state index in [1.165, 1.54) is 10.9 Å². The van der Waals surface area contributed by atoms with Gasteiger partial charge in [0.15, 0.2) is 5.96 Å². The van der Waals surface area contributed by atoms with Gasteiger partial charge in [-0.05, 0) is 31.4 Å². The Bertz CT molecular complexity index is 506. The standard InChI is InChI=1S/C14H20N4/c1-10(2)17-14(15-3)16-9-12-8-11-6-4-5-7-13(11)18-12/h4-8,10,18H,9H2,1-3H3,(H2,15,16,17). The molecule has 4 nitrogen and oxygen atoms in total.